The van der Waals surface area contributed by atoms with E-state index >= 15 is 0 Å². The molecular formula is C29H34FN7O3. The van der Waals surface area contributed by atoms with Gasteiger partial charge in [0.05, 0.1) is 16.9 Å². The van der Waals surface area contributed by atoms with Crippen LogP contribution in [0, 0.1) is 12.7 Å². The lowest BCUT2D eigenvalue weighted by Gasteiger charge is -2.38. The number of carbonyl (C=O) groups is 2. The van der Waals surface area contributed by atoms with E-state index in [1.165, 1.54) is 6.07 Å². The van der Waals surface area contributed by atoms with Crippen LogP contribution >= 0.6 is 0 Å². The second kappa shape index (κ2) is 10.3. The SMILES string of the molecule is C=Cn1cc2c(N3CCC(N(C)C(=O)OC(C)(C)C)CC3)ccc(C(=O)Nc3cc(F)c4nc(C)cn4c3)c2n1. The molecule has 210 valence electrons. The maximum absolute atomic E-state index is 14.6. The van der Waals surface area contributed by atoms with Gasteiger partial charge < -0.3 is 24.3 Å². The van der Waals surface area contributed by atoms with Crippen LogP contribution in [0.1, 0.15) is 49.7 Å². The zero-order valence-corrected chi connectivity index (χ0v) is 23.4. The summed E-state index contributed by atoms with van der Waals surface area (Å²) in [6, 6.07) is 4.97. The predicted molar refractivity (Wildman–Crippen MR) is 153 cm³/mol. The van der Waals surface area contributed by atoms with Gasteiger partial charge in [-0.25, -0.2) is 18.9 Å². The monoisotopic (exact) mass is 547 g/mol. The van der Waals surface area contributed by atoms with Gasteiger partial charge >= 0.3 is 6.09 Å². The van der Waals surface area contributed by atoms with Crippen LogP contribution in [0.4, 0.5) is 20.6 Å². The molecule has 0 unspecified atom stereocenters. The quantitative estimate of drug-likeness (QED) is 0.363. The summed E-state index contributed by atoms with van der Waals surface area (Å²) in [7, 11) is 1.78. The van der Waals surface area contributed by atoms with Crippen molar-refractivity contribution in [2.75, 3.05) is 30.4 Å². The fourth-order valence-electron chi connectivity index (χ4n) is 5.08. The Hall–Kier alpha value is -4.41. The molecule has 0 atom stereocenters. The van der Waals surface area contributed by atoms with Crippen LogP contribution in [-0.4, -0.2) is 67.8 Å². The summed E-state index contributed by atoms with van der Waals surface area (Å²) < 4.78 is 23.2. The number of hydrogen-bond acceptors (Lipinski definition) is 6. The largest absolute Gasteiger partial charge is 0.444 e. The van der Waals surface area contributed by atoms with E-state index in [0.29, 0.717) is 22.5 Å². The van der Waals surface area contributed by atoms with Gasteiger partial charge in [-0.3, -0.25) is 4.79 Å². The Bertz CT molecular complexity index is 1610. The highest BCUT2D eigenvalue weighted by Gasteiger charge is 2.30. The summed E-state index contributed by atoms with van der Waals surface area (Å²) in [5, 5.41) is 8.18. The molecule has 0 saturated carbocycles. The molecule has 2 amide bonds. The molecule has 40 heavy (non-hydrogen) atoms. The van der Waals surface area contributed by atoms with Crippen LogP contribution < -0.4 is 10.2 Å². The third kappa shape index (κ3) is 5.36. The van der Waals surface area contributed by atoms with Crippen molar-refractivity contribution in [1.82, 2.24) is 24.1 Å². The van der Waals surface area contributed by atoms with Crippen molar-refractivity contribution >= 4 is 46.1 Å². The van der Waals surface area contributed by atoms with Crippen molar-refractivity contribution < 1.29 is 18.7 Å². The molecule has 0 radical (unpaired) electrons. The van der Waals surface area contributed by atoms with Gasteiger partial charge in [-0.15, -0.1) is 0 Å². The number of aromatic nitrogens is 4. The molecule has 1 saturated heterocycles. The molecule has 0 bridgehead atoms. The summed E-state index contributed by atoms with van der Waals surface area (Å²) in [6.07, 6.45) is 7.96. The second-order valence-electron chi connectivity index (χ2n) is 11.1. The Morgan fingerprint density at radius 3 is 2.60 bits per heavy atom. The number of piperidine rings is 1. The molecule has 1 aliphatic heterocycles. The second-order valence-corrected chi connectivity index (χ2v) is 11.1. The van der Waals surface area contributed by atoms with E-state index in [-0.39, 0.29) is 17.8 Å². The lowest BCUT2D eigenvalue weighted by atomic mass is 10.0. The van der Waals surface area contributed by atoms with Crippen molar-refractivity contribution in [1.29, 1.82) is 0 Å². The van der Waals surface area contributed by atoms with E-state index < -0.39 is 17.3 Å². The number of amides is 2. The Morgan fingerprint density at radius 2 is 1.93 bits per heavy atom. The number of carbonyl (C=O) groups excluding carboxylic acids is 2. The van der Waals surface area contributed by atoms with Gasteiger partial charge in [-0.2, -0.15) is 5.10 Å². The standard InChI is InChI=1S/C29H34FN7O3/c1-7-37-17-22-24(35-12-10-20(11-13-35)34(6)28(39)40-29(3,4)5)9-8-21(25(22)33-37)27(38)32-19-14-23(30)26-31-18(2)15-36(26)16-19/h7-9,14-17,20H,1,10-13H2,2-6H3,(H,32,38). The number of hydrogen-bond donors (Lipinski definition) is 1. The van der Waals surface area contributed by atoms with Gasteiger partial charge in [0.2, 0.25) is 0 Å². The number of anilines is 2. The molecule has 0 spiro atoms. The van der Waals surface area contributed by atoms with Crippen LogP contribution in [0.25, 0.3) is 22.8 Å². The van der Waals surface area contributed by atoms with E-state index in [1.807, 2.05) is 33.0 Å². The maximum Gasteiger partial charge on any atom is 0.410 e. The van der Waals surface area contributed by atoms with Gasteiger partial charge in [0.25, 0.3) is 5.91 Å². The summed E-state index contributed by atoms with van der Waals surface area (Å²) in [4.78, 5) is 34.0. The number of nitrogens with one attached hydrogen (secondary N) is 1. The van der Waals surface area contributed by atoms with Gasteiger partial charge in [0.1, 0.15) is 11.1 Å². The fraction of sp³-hybridized carbons (Fsp3) is 0.379. The summed E-state index contributed by atoms with van der Waals surface area (Å²) in [6.45, 7) is 12.6. The van der Waals surface area contributed by atoms with E-state index in [4.69, 9.17) is 4.74 Å². The minimum Gasteiger partial charge on any atom is -0.444 e. The van der Waals surface area contributed by atoms with Crippen molar-refractivity contribution in [3.63, 3.8) is 0 Å². The van der Waals surface area contributed by atoms with Crippen molar-refractivity contribution in [2.45, 2.75) is 52.2 Å². The van der Waals surface area contributed by atoms with Crippen LogP contribution in [-0.2, 0) is 4.74 Å². The first kappa shape index (κ1) is 27.2. The lowest BCUT2D eigenvalue weighted by molar-refractivity contribution is 0.0201. The van der Waals surface area contributed by atoms with Gasteiger partial charge in [-0.05, 0) is 52.7 Å². The van der Waals surface area contributed by atoms with Crippen molar-refractivity contribution in [2.24, 2.45) is 0 Å². The van der Waals surface area contributed by atoms with Crippen LogP contribution in [0.2, 0.25) is 0 Å². The van der Waals surface area contributed by atoms with E-state index in [9.17, 15) is 14.0 Å². The van der Waals surface area contributed by atoms with E-state index in [1.54, 1.807) is 52.6 Å². The highest BCUT2D eigenvalue weighted by atomic mass is 19.1. The number of nitrogens with zero attached hydrogens (tertiary/aromatic N) is 6. The first-order valence-electron chi connectivity index (χ1n) is 13.2. The molecule has 1 fully saturated rings. The van der Waals surface area contributed by atoms with Gasteiger partial charge in [-0.1, -0.05) is 6.58 Å². The number of pyridine rings is 1. The molecule has 11 heteroatoms. The molecule has 1 aliphatic rings. The Labute approximate surface area is 232 Å². The molecule has 1 aromatic carbocycles. The van der Waals surface area contributed by atoms with Crippen LogP contribution in [0.3, 0.4) is 0 Å². The molecule has 4 heterocycles. The Kier molecular flexibility index (Phi) is 6.99. The van der Waals surface area contributed by atoms with Crippen molar-refractivity contribution in [3.05, 3.63) is 60.4 Å². The highest BCUT2D eigenvalue weighted by Crippen LogP contribution is 2.32. The maximum atomic E-state index is 14.6. The number of aryl methyl sites for hydroxylation is 1. The number of ether oxygens (including phenoxy) is 1. The molecular weight excluding hydrogens is 513 g/mol. The minimum absolute atomic E-state index is 0.0690. The Morgan fingerprint density at radius 1 is 1.20 bits per heavy atom. The topological polar surface area (TPSA) is 97.0 Å². The third-order valence-corrected chi connectivity index (χ3v) is 7.02. The molecule has 0 aliphatic carbocycles. The number of rotatable bonds is 5. The van der Waals surface area contributed by atoms with Crippen LogP contribution in [0.5, 0.6) is 0 Å². The fourth-order valence-corrected chi connectivity index (χ4v) is 5.08. The number of fused-ring (bicyclic) bond motifs is 2. The van der Waals surface area contributed by atoms with Crippen LogP contribution in [0.15, 0.2) is 43.4 Å². The first-order chi connectivity index (χ1) is 18.9. The lowest BCUT2D eigenvalue weighted by Crippen LogP contribution is -2.47. The molecule has 1 N–H and O–H groups in total. The number of benzene rings is 1. The number of halogens is 1. The minimum atomic E-state index is -0.545. The van der Waals surface area contributed by atoms with Gasteiger partial charge in [0, 0.05) is 68.1 Å². The smallest absolute Gasteiger partial charge is 0.410 e. The van der Waals surface area contributed by atoms with E-state index in [0.717, 1.165) is 37.0 Å². The third-order valence-electron chi connectivity index (χ3n) is 7.02. The Balaban J connectivity index is 1.37. The predicted octanol–water partition coefficient (Wildman–Crippen LogP) is 5.32. The molecule has 10 nitrogen and oxygen atoms in total. The normalized spacial score (nSPS) is 14.5. The number of imidazole rings is 1. The average Bonchev–Trinajstić information content (AvgIpc) is 3.50. The van der Waals surface area contributed by atoms with Gasteiger partial charge in [0.15, 0.2) is 11.5 Å². The molecule has 5 rings (SSSR count). The zero-order valence-electron chi connectivity index (χ0n) is 23.4. The van der Waals surface area contributed by atoms with Crippen molar-refractivity contribution in [3.8, 4) is 0 Å². The van der Waals surface area contributed by atoms with E-state index in [2.05, 4.69) is 26.9 Å². The summed E-state index contributed by atoms with van der Waals surface area (Å²) >= 11 is 0. The highest BCUT2D eigenvalue weighted by molar-refractivity contribution is 6.14. The first-order valence-corrected chi connectivity index (χ1v) is 13.2. The average molecular weight is 548 g/mol. The zero-order chi connectivity index (χ0) is 28.8. The summed E-state index contributed by atoms with van der Waals surface area (Å²) in [5.41, 5.74) is 2.46. The molecule has 3 aromatic heterocycles. The molecule has 4 aromatic rings. The summed E-state index contributed by atoms with van der Waals surface area (Å²) in [5.74, 6) is -0.929.